The molecule has 1 unspecified atom stereocenters. The van der Waals surface area contributed by atoms with E-state index >= 15 is 0 Å². The molecule has 1 heterocycles. The molecule has 6 atom stereocenters. The lowest BCUT2D eigenvalue weighted by Gasteiger charge is -2.42. The quantitative estimate of drug-likeness (QED) is 0.632. The van der Waals surface area contributed by atoms with Crippen LogP contribution in [0.2, 0.25) is 0 Å². The maximum absolute atomic E-state index is 12.3. The number of ether oxygens (including phenoxy) is 2. The molecule has 6 nitrogen and oxygen atoms in total. The smallest absolute Gasteiger partial charge is 0.407 e. The summed E-state index contributed by atoms with van der Waals surface area (Å²) in [5, 5.41) is 2.87. The number of carbonyl (C=O) groups excluding carboxylic acids is 3. The third-order valence-electron chi connectivity index (χ3n) is 5.62. The van der Waals surface area contributed by atoms with Crippen molar-refractivity contribution in [3.63, 3.8) is 0 Å². The molecule has 3 rings (SSSR count). The van der Waals surface area contributed by atoms with E-state index in [0.29, 0.717) is 13.0 Å². The van der Waals surface area contributed by atoms with Crippen molar-refractivity contribution in [1.82, 2.24) is 5.32 Å². The highest BCUT2D eigenvalue weighted by atomic mass is 16.6. The van der Waals surface area contributed by atoms with E-state index in [2.05, 4.69) is 5.32 Å². The normalized spacial score (nSPS) is 37.6. The molecule has 2 aliphatic carbocycles. The summed E-state index contributed by atoms with van der Waals surface area (Å²) in [4.78, 5) is 36.1. The Morgan fingerprint density at radius 2 is 2.12 bits per heavy atom. The fourth-order valence-electron chi connectivity index (χ4n) is 4.71. The van der Waals surface area contributed by atoms with Gasteiger partial charge in [0.1, 0.15) is 11.9 Å². The van der Waals surface area contributed by atoms with Gasteiger partial charge in [-0.25, -0.2) is 4.79 Å². The molecule has 2 fully saturated rings. The summed E-state index contributed by atoms with van der Waals surface area (Å²) in [7, 11) is 0. The lowest BCUT2D eigenvalue weighted by atomic mass is 9.61. The van der Waals surface area contributed by atoms with Crippen LogP contribution in [0.4, 0.5) is 4.79 Å². The highest BCUT2D eigenvalue weighted by Gasteiger charge is 2.53. The zero-order valence-corrected chi connectivity index (χ0v) is 14.4. The SMILES string of the molecule is CCOC(=O)N[C@@H]1CC[C@@H]2C(=C[C@H]3C(=O)OC(C)[C@H]3[C@H]2C(C)=O)C1. The van der Waals surface area contributed by atoms with E-state index in [0.717, 1.165) is 18.4 Å². The maximum atomic E-state index is 12.3. The predicted molar refractivity (Wildman–Crippen MR) is 86.1 cm³/mol. The Morgan fingerprint density at radius 3 is 2.79 bits per heavy atom. The molecule has 132 valence electrons. The number of esters is 1. The van der Waals surface area contributed by atoms with Crippen molar-refractivity contribution in [3.05, 3.63) is 11.6 Å². The third kappa shape index (κ3) is 2.94. The van der Waals surface area contributed by atoms with Gasteiger partial charge in [-0.3, -0.25) is 9.59 Å². The minimum absolute atomic E-state index is 0.00875. The molecule has 24 heavy (non-hydrogen) atoms. The molecule has 0 aromatic heterocycles. The van der Waals surface area contributed by atoms with Gasteiger partial charge in [-0.1, -0.05) is 11.6 Å². The Hall–Kier alpha value is -1.85. The molecule has 0 aromatic rings. The molecular formula is C18H25NO5. The lowest BCUT2D eigenvalue weighted by Crippen LogP contribution is -2.46. The zero-order chi connectivity index (χ0) is 17.4. The van der Waals surface area contributed by atoms with Crippen LogP contribution >= 0.6 is 0 Å². The highest BCUT2D eigenvalue weighted by molar-refractivity contribution is 5.84. The standard InChI is InChI=1S/C18H25NO5/c1-4-23-18(22)19-12-5-6-13-11(7-12)8-14-16(15(13)9(2)20)10(3)24-17(14)21/h8,10,12-16H,4-7H2,1-3H3,(H,19,22)/t10?,12-,13-,14-,15+,16-/m1/s1. The number of hydrogen-bond donors (Lipinski definition) is 1. The number of carbonyl (C=O) groups is 3. The van der Waals surface area contributed by atoms with Crippen molar-refractivity contribution in [2.24, 2.45) is 23.7 Å². The van der Waals surface area contributed by atoms with E-state index in [9.17, 15) is 14.4 Å². The topological polar surface area (TPSA) is 81.7 Å². The maximum Gasteiger partial charge on any atom is 0.407 e. The lowest BCUT2D eigenvalue weighted by molar-refractivity contribution is -0.142. The second kappa shape index (κ2) is 6.57. The summed E-state index contributed by atoms with van der Waals surface area (Å²) >= 11 is 0. The molecule has 1 saturated carbocycles. The Morgan fingerprint density at radius 1 is 1.38 bits per heavy atom. The molecule has 0 bridgehead atoms. The zero-order valence-electron chi connectivity index (χ0n) is 14.4. The van der Waals surface area contributed by atoms with Crippen LogP contribution in [0.5, 0.6) is 0 Å². The Bertz CT molecular complexity index is 584. The van der Waals surface area contributed by atoms with Gasteiger partial charge in [0, 0.05) is 17.9 Å². The van der Waals surface area contributed by atoms with Crippen LogP contribution in [0, 0.1) is 23.7 Å². The average molecular weight is 335 g/mol. The van der Waals surface area contributed by atoms with Crippen molar-refractivity contribution in [2.75, 3.05) is 6.61 Å². The first-order valence-corrected chi connectivity index (χ1v) is 8.77. The van der Waals surface area contributed by atoms with Crippen LogP contribution in [0.25, 0.3) is 0 Å². The number of ketones is 1. The summed E-state index contributed by atoms with van der Waals surface area (Å²) in [6.45, 7) is 5.60. The van der Waals surface area contributed by atoms with Crippen LogP contribution in [0.3, 0.4) is 0 Å². The van der Waals surface area contributed by atoms with Crippen LogP contribution < -0.4 is 5.32 Å². The number of amides is 1. The number of fused-ring (bicyclic) bond motifs is 2. The van der Waals surface area contributed by atoms with E-state index in [-0.39, 0.29) is 47.6 Å². The fourth-order valence-corrected chi connectivity index (χ4v) is 4.71. The Balaban J connectivity index is 1.81. The molecule has 1 aliphatic heterocycles. The van der Waals surface area contributed by atoms with Crippen molar-refractivity contribution in [2.45, 2.75) is 52.2 Å². The Labute approximate surface area is 141 Å². The number of Topliss-reactive ketones (excluding diaryl/α,β-unsaturated/α-hetero) is 1. The summed E-state index contributed by atoms with van der Waals surface area (Å²) in [5.74, 6) is -0.506. The van der Waals surface area contributed by atoms with Gasteiger partial charge in [0.15, 0.2) is 0 Å². The highest BCUT2D eigenvalue weighted by Crippen LogP contribution is 2.50. The van der Waals surface area contributed by atoms with E-state index in [4.69, 9.17) is 9.47 Å². The molecular weight excluding hydrogens is 310 g/mol. The van der Waals surface area contributed by atoms with Crippen molar-refractivity contribution in [1.29, 1.82) is 0 Å². The van der Waals surface area contributed by atoms with Gasteiger partial charge >= 0.3 is 12.1 Å². The summed E-state index contributed by atoms with van der Waals surface area (Å²) in [6, 6.07) is -0.00875. The number of nitrogens with one attached hydrogen (secondary N) is 1. The van der Waals surface area contributed by atoms with Gasteiger partial charge in [0.25, 0.3) is 0 Å². The first kappa shape index (κ1) is 17.0. The molecule has 1 amide bonds. The van der Waals surface area contributed by atoms with Crippen molar-refractivity contribution in [3.8, 4) is 0 Å². The molecule has 3 aliphatic rings. The Kier molecular flexibility index (Phi) is 4.65. The van der Waals surface area contributed by atoms with Gasteiger partial charge in [0.2, 0.25) is 0 Å². The van der Waals surface area contributed by atoms with Crippen LogP contribution in [-0.4, -0.2) is 36.6 Å². The van der Waals surface area contributed by atoms with Gasteiger partial charge < -0.3 is 14.8 Å². The van der Waals surface area contributed by atoms with E-state index in [1.807, 2.05) is 13.0 Å². The molecule has 1 saturated heterocycles. The number of rotatable bonds is 3. The van der Waals surface area contributed by atoms with Gasteiger partial charge in [-0.15, -0.1) is 0 Å². The second-order valence-corrected chi connectivity index (χ2v) is 7.07. The van der Waals surface area contributed by atoms with Crippen LogP contribution in [0.15, 0.2) is 11.6 Å². The summed E-state index contributed by atoms with van der Waals surface area (Å²) in [6.07, 6.45) is 3.68. The predicted octanol–water partition coefficient (Wildman–Crippen LogP) is 2.22. The molecule has 0 radical (unpaired) electrons. The van der Waals surface area contributed by atoms with Gasteiger partial charge in [-0.2, -0.15) is 0 Å². The minimum Gasteiger partial charge on any atom is -0.462 e. The first-order chi connectivity index (χ1) is 11.4. The monoisotopic (exact) mass is 335 g/mol. The fraction of sp³-hybridized carbons (Fsp3) is 0.722. The van der Waals surface area contributed by atoms with E-state index in [1.165, 1.54) is 0 Å². The molecule has 1 N–H and O–H groups in total. The van der Waals surface area contributed by atoms with Crippen LogP contribution in [-0.2, 0) is 19.1 Å². The second-order valence-electron chi connectivity index (χ2n) is 7.07. The largest absolute Gasteiger partial charge is 0.462 e. The number of alkyl carbamates (subject to hydrolysis) is 1. The van der Waals surface area contributed by atoms with Crippen molar-refractivity contribution >= 4 is 17.8 Å². The van der Waals surface area contributed by atoms with E-state index < -0.39 is 6.09 Å². The summed E-state index contributed by atoms with van der Waals surface area (Å²) in [5.41, 5.74) is 1.11. The first-order valence-electron chi connectivity index (χ1n) is 8.77. The van der Waals surface area contributed by atoms with E-state index in [1.54, 1.807) is 13.8 Å². The summed E-state index contributed by atoms with van der Waals surface area (Å²) < 4.78 is 10.3. The number of hydrogen-bond acceptors (Lipinski definition) is 5. The molecule has 0 spiro atoms. The minimum atomic E-state index is -0.410. The molecule has 0 aromatic carbocycles. The number of cyclic esters (lactones) is 1. The average Bonchev–Trinajstić information content (AvgIpc) is 2.79. The van der Waals surface area contributed by atoms with Gasteiger partial charge in [0.05, 0.1) is 12.5 Å². The molecule has 6 heteroatoms. The van der Waals surface area contributed by atoms with Crippen molar-refractivity contribution < 1.29 is 23.9 Å². The van der Waals surface area contributed by atoms with Crippen LogP contribution in [0.1, 0.15) is 40.0 Å². The third-order valence-corrected chi connectivity index (χ3v) is 5.62. The van der Waals surface area contributed by atoms with Gasteiger partial charge in [-0.05, 0) is 46.0 Å².